The molecule has 3 amide bonds. The highest BCUT2D eigenvalue weighted by Crippen LogP contribution is 2.44. The number of carbonyl (C=O) groups excluding carboxylic acids is 3. The van der Waals surface area contributed by atoms with E-state index >= 15 is 0 Å². The van der Waals surface area contributed by atoms with Crippen LogP contribution in [0.25, 0.3) is 0 Å². The zero-order valence-corrected chi connectivity index (χ0v) is 15.0. The first kappa shape index (κ1) is 18.1. The maximum atomic E-state index is 12.9. The van der Waals surface area contributed by atoms with Crippen molar-refractivity contribution in [3.8, 4) is 0 Å². The Hall–Kier alpha value is -1.67. The predicted molar refractivity (Wildman–Crippen MR) is 90.3 cm³/mol. The fraction of sp³-hybridized carbons (Fsp3) is 0.824. The first-order valence-corrected chi connectivity index (χ1v) is 9.14. The summed E-state index contributed by atoms with van der Waals surface area (Å²) < 4.78 is 0. The molecule has 0 aliphatic carbocycles. The number of β-lactam (4-membered cyclic amide) rings is 1. The van der Waals surface area contributed by atoms with Gasteiger partial charge in [0, 0.05) is 19.6 Å². The number of rotatable bonds is 4. The molecule has 0 saturated carbocycles. The summed E-state index contributed by atoms with van der Waals surface area (Å²) in [6, 6.07) is -1.26. The second-order valence-electron chi connectivity index (χ2n) is 7.48. The predicted octanol–water partition coefficient (Wildman–Crippen LogP) is -1.09. The zero-order valence-electron chi connectivity index (χ0n) is 15.0. The Labute approximate surface area is 147 Å². The third kappa shape index (κ3) is 2.71. The molecule has 0 aromatic heterocycles. The molecule has 0 radical (unpaired) electrons. The van der Waals surface area contributed by atoms with Crippen LogP contribution in [0.3, 0.4) is 0 Å². The fourth-order valence-corrected chi connectivity index (χ4v) is 4.41. The summed E-state index contributed by atoms with van der Waals surface area (Å²) in [5, 5.41) is 9.62. The van der Waals surface area contributed by atoms with Crippen molar-refractivity contribution in [1.29, 1.82) is 0 Å². The largest absolute Gasteiger partial charge is 0.391 e. The number of hydrogen-bond acceptors (Lipinski definition) is 5. The summed E-state index contributed by atoms with van der Waals surface area (Å²) in [6.45, 7) is 5.41. The van der Waals surface area contributed by atoms with Gasteiger partial charge in [-0.15, -0.1) is 0 Å². The molecule has 3 N–H and O–H groups in total. The molecule has 8 nitrogen and oxygen atoms in total. The Morgan fingerprint density at radius 3 is 2.48 bits per heavy atom. The summed E-state index contributed by atoms with van der Waals surface area (Å²) in [6.07, 6.45) is 2.36. The Bertz CT molecular complexity index is 575. The number of amides is 3. The molecule has 4 atom stereocenters. The van der Waals surface area contributed by atoms with E-state index in [1.165, 1.54) is 11.8 Å². The van der Waals surface area contributed by atoms with Crippen LogP contribution in [-0.2, 0) is 14.4 Å². The van der Waals surface area contributed by atoms with Crippen molar-refractivity contribution in [2.45, 2.75) is 63.3 Å². The van der Waals surface area contributed by atoms with Crippen LogP contribution in [-0.4, -0.2) is 87.4 Å². The monoisotopic (exact) mass is 352 g/mol. The van der Waals surface area contributed by atoms with Crippen molar-refractivity contribution in [3.05, 3.63) is 0 Å². The number of nitrogens with two attached hydrogens (primary N) is 1. The number of carbonyl (C=O) groups is 3. The van der Waals surface area contributed by atoms with Crippen molar-refractivity contribution < 1.29 is 19.5 Å². The van der Waals surface area contributed by atoms with Crippen LogP contribution in [0, 0.1) is 0 Å². The molecule has 3 heterocycles. The Balaban J connectivity index is 1.71. The molecule has 3 fully saturated rings. The van der Waals surface area contributed by atoms with Crippen molar-refractivity contribution in [2.24, 2.45) is 5.73 Å². The lowest BCUT2D eigenvalue weighted by Gasteiger charge is -2.57. The van der Waals surface area contributed by atoms with Crippen LogP contribution in [0.1, 0.15) is 39.5 Å². The zero-order chi connectivity index (χ0) is 18.4. The van der Waals surface area contributed by atoms with E-state index in [9.17, 15) is 19.5 Å². The third-order valence-electron chi connectivity index (χ3n) is 6.05. The molecule has 3 aliphatic rings. The number of aliphatic hydroxyl groups excluding tert-OH is 1. The van der Waals surface area contributed by atoms with Gasteiger partial charge in [-0.3, -0.25) is 14.4 Å². The number of hydrogen-bond donors (Lipinski definition) is 2. The van der Waals surface area contributed by atoms with Gasteiger partial charge in [-0.1, -0.05) is 0 Å². The first-order valence-electron chi connectivity index (χ1n) is 9.14. The average molecular weight is 352 g/mol. The number of aliphatic hydroxyl groups is 1. The number of likely N-dealkylation sites (tertiary alicyclic amines) is 3. The van der Waals surface area contributed by atoms with E-state index in [1.54, 1.807) is 9.80 Å². The summed E-state index contributed by atoms with van der Waals surface area (Å²) in [7, 11) is 0. The molecule has 25 heavy (non-hydrogen) atoms. The fourth-order valence-electron chi connectivity index (χ4n) is 4.41. The molecule has 0 aromatic rings. The highest BCUT2D eigenvalue weighted by atomic mass is 16.3. The quantitative estimate of drug-likeness (QED) is 0.625. The molecule has 3 rings (SSSR count). The van der Waals surface area contributed by atoms with Gasteiger partial charge in [0.2, 0.25) is 11.8 Å². The molecule has 3 saturated heterocycles. The summed E-state index contributed by atoms with van der Waals surface area (Å²) in [4.78, 5) is 42.8. The Kier molecular flexibility index (Phi) is 4.76. The molecule has 4 unspecified atom stereocenters. The van der Waals surface area contributed by atoms with Gasteiger partial charge in [0.05, 0.1) is 12.1 Å². The molecular formula is C17H28N4O4. The Morgan fingerprint density at radius 1 is 1.28 bits per heavy atom. The first-order chi connectivity index (χ1) is 11.8. The Morgan fingerprint density at radius 2 is 1.92 bits per heavy atom. The molecule has 3 aliphatic heterocycles. The lowest BCUT2D eigenvalue weighted by molar-refractivity contribution is -0.180. The minimum atomic E-state index is -1.03. The molecule has 8 heteroatoms. The summed E-state index contributed by atoms with van der Waals surface area (Å²) in [5.74, 6) is -0.585. The molecule has 140 valence electrons. The van der Waals surface area contributed by atoms with E-state index in [2.05, 4.69) is 0 Å². The molecule has 1 spiro atoms. The van der Waals surface area contributed by atoms with E-state index < -0.39 is 23.6 Å². The van der Waals surface area contributed by atoms with Crippen LogP contribution in [0.15, 0.2) is 0 Å². The van der Waals surface area contributed by atoms with Crippen molar-refractivity contribution in [1.82, 2.24) is 14.7 Å². The van der Waals surface area contributed by atoms with Crippen LogP contribution >= 0.6 is 0 Å². The van der Waals surface area contributed by atoms with Gasteiger partial charge >= 0.3 is 0 Å². The van der Waals surface area contributed by atoms with Gasteiger partial charge < -0.3 is 25.5 Å². The SMILES string of the molecule is CC(O)C(N)C(=O)N1CCCC12C(=O)N(CC(=O)N1CCCC1)C2C. The van der Waals surface area contributed by atoms with Crippen molar-refractivity contribution >= 4 is 17.7 Å². The highest BCUT2D eigenvalue weighted by Gasteiger charge is 2.65. The molecular weight excluding hydrogens is 324 g/mol. The third-order valence-corrected chi connectivity index (χ3v) is 6.05. The maximum Gasteiger partial charge on any atom is 0.251 e. The second kappa shape index (κ2) is 6.57. The smallest absolute Gasteiger partial charge is 0.251 e. The highest BCUT2D eigenvalue weighted by molar-refractivity contribution is 6.01. The van der Waals surface area contributed by atoms with Gasteiger partial charge in [-0.05, 0) is 39.5 Å². The van der Waals surface area contributed by atoms with Gasteiger partial charge in [0.15, 0.2) is 0 Å². The van der Waals surface area contributed by atoms with Crippen LogP contribution in [0.2, 0.25) is 0 Å². The van der Waals surface area contributed by atoms with E-state index in [4.69, 9.17) is 5.73 Å². The molecule has 0 bridgehead atoms. The average Bonchev–Trinajstić information content (AvgIpc) is 3.27. The summed E-state index contributed by atoms with van der Waals surface area (Å²) >= 11 is 0. The van der Waals surface area contributed by atoms with Gasteiger partial charge in [-0.2, -0.15) is 0 Å². The number of nitrogens with zero attached hydrogens (tertiary/aromatic N) is 3. The second-order valence-corrected chi connectivity index (χ2v) is 7.48. The van der Waals surface area contributed by atoms with E-state index in [1.807, 2.05) is 6.92 Å². The van der Waals surface area contributed by atoms with Gasteiger partial charge in [-0.25, -0.2) is 0 Å². The van der Waals surface area contributed by atoms with Crippen LogP contribution < -0.4 is 5.73 Å². The van der Waals surface area contributed by atoms with Crippen molar-refractivity contribution in [3.63, 3.8) is 0 Å². The minimum Gasteiger partial charge on any atom is -0.391 e. The topological polar surface area (TPSA) is 107 Å². The minimum absolute atomic E-state index is 0.0240. The van der Waals surface area contributed by atoms with Crippen molar-refractivity contribution in [2.75, 3.05) is 26.2 Å². The summed E-state index contributed by atoms with van der Waals surface area (Å²) in [5.41, 5.74) is 4.91. The van der Waals surface area contributed by atoms with Crippen LogP contribution in [0.4, 0.5) is 0 Å². The van der Waals surface area contributed by atoms with E-state index in [-0.39, 0.29) is 24.4 Å². The van der Waals surface area contributed by atoms with Gasteiger partial charge in [0.1, 0.15) is 18.1 Å². The lowest BCUT2D eigenvalue weighted by atomic mass is 9.77. The van der Waals surface area contributed by atoms with Gasteiger partial charge in [0.25, 0.3) is 5.91 Å². The van der Waals surface area contributed by atoms with E-state index in [0.717, 1.165) is 32.4 Å². The van der Waals surface area contributed by atoms with Crippen LogP contribution in [0.5, 0.6) is 0 Å². The maximum absolute atomic E-state index is 12.9. The standard InChI is InChI=1S/C17H28N4O4/c1-11(22)14(18)15(24)21-9-5-6-17(21)12(2)20(16(17)25)10-13(23)19-7-3-4-8-19/h11-12,14,22H,3-10,18H2,1-2H3. The molecule has 0 aromatic carbocycles. The normalized spacial score (nSPS) is 31.4. The van der Waals surface area contributed by atoms with E-state index in [0.29, 0.717) is 13.0 Å². The lowest BCUT2D eigenvalue weighted by Crippen LogP contribution is -2.79.